The number of fused-ring (bicyclic) bond motifs is 15. The zero-order valence-corrected chi connectivity index (χ0v) is 40.0. The number of benzene rings is 12. The molecule has 0 bridgehead atoms. The summed E-state index contributed by atoms with van der Waals surface area (Å²) >= 11 is 0. The van der Waals surface area contributed by atoms with Crippen LogP contribution in [0.15, 0.2) is 279 Å². The lowest BCUT2D eigenvalue weighted by atomic mass is 9.70. The number of hydrogen-bond donors (Lipinski definition) is 0. The Morgan fingerprint density at radius 1 is 0.274 bits per heavy atom. The third kappa shape index (κ3) is 6.24. The highest BCUT2D eigenvalue weighted by Crippen LogP contribution is 2.63. The molecule has 1 spiro atoms. The topological polar surface area (TPSA) is 8.17 Å². The molecule has 0 N–H and O–H groups in total. The van der Waals surface area contributed by atoms with E-state index in [1.54, 1.807) is 0 Å². The largest absolute Gasteiger partial charge is 0.310 e. The van der Waals surface area contributed by atoms with Crippen LogP contribution in [0.4, 0.5) is 17.1 Å². The van der Waals surface area contributed by atoms with Crippen LogP contribution in [-0.2, 0) is 5.41 Å². The van der Waals surface area contributed by atoms with Crippen molar-refractivity contribution in [3.8, 4) is 61.3 Å². The van der Waals surface area contributed by atoms with Crippen LogP contribution in [0.25, 0.3) is 93.9 Å². The number of para-hydroxylation sites is 1. The van der Waals surface area contributed by atoms with Gasteiger partial charge in [-0.3, -0.25) is 0 Å². The summed E-state index contributed by atoms with van der Waals surface area (Å²) in [4.78, 5) is 2.43. The molecule has 1 heterocycles. The molecule has 15 rings (SSSR count). The Morgan fingerprint density at radius 2 is 0.740 bits per heavy atom. The van der Waals surface area contributed by atoms with Gasteiger partial charge in [0.1, 0.15) is 0 Å². The monoisotopic (exact) mass is 926 g/mol. The summed E-state index contributed by atoms with van der Waals surface area (Å²) in [5.74, 6) is 0. The summed E-state index contributed by atoms with van der Waals surface area (Å²) < 4.78 is 2.45. The van der Waals surface area contributed by atoms with Gasteiger partial charge in [-0.25, -0.2) is 0 Å². The van der Waals surface area contributed by atoms with E-state index in [9.17, 15) is 0 Å². The summed E-state index contributed by atoms with van der Waals surface area (Å²) in [7, 11) is 0. The van der Waals surface area contributed by atoms with Crippen LogP contribution in [0.5, 0.6) is 0 Å². The average Bonchev–Trinajstić information content (AvgIpc) is 4.09. The first-order valence-corrected chi connectivity index (χ1v) is 25.3. The summed E-state index contributed by atoms with van der Waals surface area (Å²) in [5, 5.41) is 5.00. The smallest absolute Gasteiger partial charge is 0.0725 e. The number of anilines is 3. The highest BCUT2D eigenvalue weighted by atomic mass is 15.1. The lowest BCUT2D eigenvalue weighted by Gasteiger charge is -2.31. The van der Waals surface area contributed by atoms with Gasteiger partial charge in [-0.05, 0) is 144 Å². The Kier molecular flexibility index (Phi) is 9.21. The van der Waals surface area contributed by atoms with Gasteiger partial charge in [0.25, 0.3) is 0 Å². The van der Waals surface area contributed by atoms with Crippen molar-refractivity contribution in [2.75, 3.05) is 4.90 Å². The second kappa shape index (κ2) is 16.3. The van der Waals surface area contributed by atoms with E-state index in [1.807, 2.05) is 0 Å². The molecular weight excluding hydrogens is 881 g/mol. The number of nitrogens with zero attached hydrogens (tertiary/aromatic N) is 2. The van der Waals surface area contributed by atoms with Crippen LogP contribution in [-0.4, -0.2) is 4.57 Å². The van der Waals surface area contributed by atoms with Crippen molar-refractivity contribution in [1.82, 2.24) is 4.57 Å². The predicted molar refractivity (Wildman–Crippen MR) is 306 cm³/mol. The van der Waals surface area contributed by atoms with Crippen LogP contribution in [0, 0.1) is 0 Å². The predicted octanol–water partition coefficient (Wildman–Crippen LogP) is 18.8. The van der Waals surface area contributed by atoms with Gasteiger partial charge in [0.2, 0.25) is 0 Å². The Labute approximate surface area is 425 Å². The van der Waals surface area contributed by atoms with Gasteiger partial charge in [0.05, 0.1) is 16.4 Å². The van der Waals surface area contributed by atoms with Crippen molar-refractivity contribution in [1.29, 1.82) is 0 Å². The number of hydrogen-bond acceptors (Lipinski definition) is 1. The summed E-state index contributed by atoms with van der Waals surface area (Å²) in [6.07, 6.45) is 0. The fourth-order valence-electron chi connectivity index (χ4n) is 12.6. The van der Waals surface area contributed by atoms with Gasteiger partial charge in [-0.2, -0.15) is 0 Å². The normalized spacial score (nSPS) is 12.8. The van der Waals surface area contributed by atoms with Gasteiger partial charge >= 0.3 is 0 Å². The van der Waals surface area contributed by atoms with Crippen LogP contribution in [0.2, 0.25) is 0 Å². The van der Waals surface area contributed by atoms with Gasteiger partial charge in [0, 0.05) is 38.9 Å². The minimum atomic E-state index is -0.402. The van der Waals surface area contributed by atoms with Crippen LogP contribution in [0.3, 0.4) is 0 Å². The van der Waals surface area contributed by atoms with Gasteiger partial charge in [-0.15, -0.1) is 0 Å². The molecule has 2 heteroatoms. The van der Waals surface area contributed by atoms with E-state index in [4.69, 9.17) is 0 Å². The Bertz CT molecular complexity index is 4250. The summed E-state index contributed by atoms with van der Waals surface area (Å²) in [6.45, 7) is 0. The highest BCUT2D eigenvalue weighted by Gasteiger charge is 2.51. The molecule has 0 aliphatic heterocycles. The Hall–Kier alpha value is -9.50. The van der Waals surface area contributed by atoms with Gasteiger partial charge in [-0.1, -0.05) is 218 Å². The van der Waals surface area contributed by atoms with Crippen molar-refractivity contribution >= 4 is 49.6 Å². The molecule has 0 unspecified atom stereocenters. The molecule has 0 fully saturated rings. The Balaban J connectivity index is 0.877. The fourth-order valence-corrected chi connectivity index (χ4v) is 12.6. The van der Waals surface area contributed by atoms with E-state index in [1.165, 1.54) is 105 Å². The van der Waals surface area contributed by atoms with Crippen molar-refractivity contribution in [3.63, 3.8) is 0 Å². The molecule has 1 aromatic heterocycles. The molecule has 2 aliphatic rings. The molecule has 2 nitrogen and oxygen atoms in total. The molecule has 0 atom stereocenters. The third-order valence-electron chi connectivity index (χ3n) is 15.8. The van der Waals surface area contributed by atoms with Crippen LogP contribution < -0.4 is 4.90 Å². The maximum absolute atomic E-state index is 2.45. The number of rotatable bonds is 7. The van der Waals surface area contributed by atoms with Crippen molar-refractivity contribution in [2.45, 2.75) is 5.41 Å². The SMILES string of the molecule is c1ccc(-c2cccc(-c3ccc(N(c4ccc(-c5ccc6c7ccc8ccccc8c7n(-c7ccccc7)c6c5)cc4)c4ccc5c(c4)-c4ccccc4C54c5ccccc5-c5ccccc54)cc3)c2)cc1. The molecule has 12 aromatic carbocycles. The lowest BCUT2D eigenvalue weighted by Crippen LogP contribution is -2.25. The average molecular weight is 927 g/mol. The molecule has 0 radical (unpaired) electrons. The van der Waals surface area contributed by atoms with Crippen LogP contribution >= 0.6 is 0 Å². The zero-order chi connectivity index (χ0) is 48.0. The first-order chi connectivity index (χ1) is 36.2. The second-order valence-electron chi connectivity index (χ2n) is 19.6. The van der Waals surface area contributed by atoms with Gasteiger partial charge < -0.3 is 9.47 Å². The number of aromatic nitrogens is 1. The van der Waals surface area contributed by atoms with Crippen molar-refractivity contribution < 1.29 is 0 Å². The van der Waals surface area contributed by atoms with E-state index in [0.717, 1.165) is 28.3 Å². The zero-order valence-electron chi connectivity index (χ0n) is 40.0. The summed E-state index contributed by atoms with van der Waals surface area (Å²) in [6, 6.07) is 103. The second-order valence-corrected chi connectivity index (χ2v) is 19.6. The molecule has 0 saturated carbocycles. The Morgan fingerprint density at radius 3 is 1.38 bits per heavy atom. The maximum Gasteiger partial charge on any atom is 0.0725 e. The first-order valence-electron chi connectivity index (χ1n) is 25.3. The van der Waals surface area contributed by atoms with Crippen molar-refractivity contribution in [3.05, 3.63) is 301 Å². The fraction of sp³-hybridized carbons (Fsp3) is 0.0141. The summed E-state index contributed by atoms with van der Waals surface area (Å²) in [5.41, 5.74) is 24.2. The molecule has 2 aliphatic carbocycles. The molecule has 73 heavy (non-hydrogen) atoms. The minimum absolute atomic E-state index is 0.402. The molecule has 13 aromatic rings. The van der Waals surface area contributed by atoms with E-state index < -0.39 is 5.41 Å². The quantitative estimate of drug-likeness (QED) is 0.155. The van der Waals surface area contributed by atoms with Crippen LogP contribution in [0.1, 0.15) is 22.3 Å². The van der Waals surface area contributed by atoms with E-state index in [2.05, 4.69) is 289 Å². The third-order valence-corrected chi connectivity index (χ3v) is 15.8. The first kappa shape index (κ1) is 41.3. The van der Waals surface area contributed by atoms with Gasteiger partial charge in [0.15, 0.2) is 0 Å². The van der Waals surface area contributed by atoms with E-state index >= 15 is 0 Å². The standard InChI is InChI=1S/C71H46N2/c1-3-16-47(17-4-1)51-19-15-20-52(44-51)48-30-36-55(37-31-48)72(57-40-43-68-64(46-57)61-26-11-14-29-67(61)71(68)65-27-12-9-24-59(65)60-25-10-13-28-66(60)71)56-38-32-49(33-39-56)53-35-41-62-63-42-34-50-18-7-8-23-58(50)70(63)73(69(62)45-53)54-21-5-2-6-22-54/h1-46H. The van der Waals surface area contributed by atoms with E-state index in [-0.39, 0.29) is 0 Å². The highest BCUT2D eigenvalue weighted by molar-refractivity contribution is 6.19. The molecule has 0 amide bonds. The molecule has 340 valence electrons. The maximum atomic E-state index is 2.45. The van der Waals surface area contributed by atoms with E-state index in [0.29, 0.717) is 0 Å². The van der Waals surface area contributed by atoms with Crippen molar-refractivity contribution in [2.24, 2.45) is 0 Å². The molecular formula is C71H46N2. The molecule has 0 saturated heterocycles. The lowest BCUT2D eigenvalue weighted by molar-refractivity contribution is 0.794. The minimum Gasteiger partial charge on any atom is -0.310 e.